The van der Waals surface area contributed by atoms with Crippen LogP contribution in [0.2, 0.25) is 0 Å². The Balaban J connectivity index is 3.33. The van der Waals surface area contributed by atoms with Gasteiger partial charge in [-0.25, -0.2) is 4.79 Å². The molecule has 5 nitrogen and oxygen atoms in total. The number of rotatable bonds is 8. The maximum atomic E-state index is 12.2. The van der Waals surface area contributed by atoms with Gasteiger partial charge in [-0.1, -0.05) is 45.4 Å². The summed E-state index contributed by atoms with van der Waals surface area (Å²) in [6.45, 7) is 1.80. The Bertz CT molecular complexity index is 642. The number of anilines is 1. The summed E-state index contributed by atoms with van der Waals surface area (Å²) in [5.74, 6) is -2.95. The molecule has 1 aromatic carbocycles. The molecule has 0 saturated heterocycles. The lowest BCUT2D eigenvalue weighted by molar-refractivity contribution is -0.149. The van der Waals surface area contributed by atoms with Crippen molar-refractivity contribution in [2.45, 2.75) is 46.4 Å². The van der Waals surface area contributed by atoms with E-state index in [1.54, 1.807) is 18.2 Å². The Morgan fingerprint density at radius 3 is 2.27 bits per heavy atom. The van der Waals surface area contributed by atoms with E-state index in [0.717, 1.165) is 16.0 Å². The maximum Gasteiger partial charge on any atom is 0.395 e. The molecule has 0 bridgehead atoms. The van der Waals surface area contributed by atoms with E-state index in [1.807, 2.05) is 13.8 Å². The molecule has 0 heterocycles. The Hall–Kier alpha value is -1.88. The number of aliphatic carboxylic acids is 1. The summed E-state index contributed by atoms with van der Waals surface area (Å²) in [5.41, 5.74) is 1.82. The third kappa shape index (κ3) is 4.56. The third-order valence-electron chi connectivity index (χ3n) is 3.18. The number of carboxylic acids is 1. The van der Waals surface area contributed by atoms with Crippen molar-refractivity contribution in [2.24, 2.45) is 0 Å². The van der Waals surface area contributed by atoms with Crippen LogP contribution in [0.4, 0.5) is 5.69 Å². The largest absolute Gasteiger partial charge is 0.474 e. The van der Waals surface area contributed by atoms with Crippen LogP contribution in [0.3, 0.4) is 0 Å². The van der Waals surface area contributed by atoms with Crippen molar-refractivity contribution in [2.75, 3.05) is 18.2 Å². The molecule has 22 heavy (non-hydrogen) atoms. The highest BCUT2D eigenvalue weighted by molar-refractivity contribution is 6.37. The van der Waals surface area contributed by atoms with Crippen LogP contribution in [0.1, 0.15) is 50.2 Å². The third-order valence-corrected chi connectivity index (χ3v) is 3.18. The summed E-state index contributed by atoms with van der Waals surface area (Å²) in [6.07, 6.45) is -1.36. The molecule has 0 aliphatic rings. The fourth-order valence-electron chi connectivity index (χ4n) is 2.12. The first-order valence-electron chi connectivity index (χ1n) is 9.31. The Labute approximate surface area is 137 Å². The minimum atomic E-state index is -2.69. The molecule has 0 aromatic heterocycles. The predicted octanol–water partition coefficient (Wildman–Crippen LogP) is 3.00. The Kier molecular flexibility index (Phi) is 5.29. The van der Waals surface area contributed by atoms with Gasteiger partial charge in [0.2, 0.25) is 0 Å². The topological polar surface area (TPSA) is 66.8 Å². The second-order valence-corrected chi connectivity index (χ2v) is 4.58. The molecule has 5 heteroatoms. The van der Waals surface area contributed by atoms with Gasteiger partial charge in [0.25, 0.3) is 0 Å². The first kappa shape index (κ1) is 12.6. The zero-order valence-corrected chi connectivity index (χ0v) is 13.2. The first-order chi connectivity index (χ1) is 12.0. The number of hydrogen-bond acceptors (Lipinski definition) is 3. The Morgan fingerprint density at radius 2 is 1.82 bits per heavy atom. The molecule has 0 aliphatic heterocycles. The monoisotopic (exact) mass is 311 g/mol. The van der Waals surface area contributed by atoms with Gasteiger partial charge in [-0.3, -0.25) is 9.69 Å². The van der Waals surface area contributed by atoms with E-state index in [0.29, 0.717) is 18.5 Å². The lowest BCUT2D eigenvalue weighted by Gasteiger charge is -2.26. The van der Waals surface area contributed by atoms with Crippen molar-refractivity contribution in [1.29, 1.82) is 0 Å². The lowest BCUT2D eigenvalue weighted by atomic mass is 10.0. The highest BCUT2D eigenvalue weighted by Crippen LogP contribution is 2.27. The fraction of sp³-hybridized carbons (Fsp3) is 0.529. The van der Waals surface area contributed by atoms with Crippen molar-refractivity contribution < 1.29 is 24.9 Å². The molecule has 0 saturated carbocycles. The van der Waals surface area contributed by atoms with Gasteiger partial charge >= 0.3 is 11.9 Å². The van der Waals surface area contributed by atoms with Gasteiger partial charge in [-0.15, -0.1) is 0 Å². The Morgan fingerprint density at radius 1 is 1.23 bits per heavy atom. The van der Waals surface area contributed by atoms with Crippen LogP contribution in [0.25, 0.3) is 0 Å². The number of aryl methyl sites for hydroxylation is 2. The van der Waals surface area contributed by atoms with E-state index in [9.17, 15) is 9.59 Å². The standard InChI is InChI=1S/C17H25NO4/c1-4-7-11-22-12-18(16(19)17(20)21)15-13(5-2)9-8-10-14(15)6-3/h8-10H,4-7,11-12H2,1-3H3,(H,20,21)/i7D2,11D2. The van der Waals surface area contributed by atoms with Crippen molar-refractivity contribution in [1.82, 2.24) is 0 Å². The van der Waals surface area contributed by atoms with Crippen molar-refractivity contribution in [3.8, 4) is 0 Å². The van der Waals surface area contributed by atoms with Gasteiger partial charge in [-0.05, 0) is 30.3 Å². The van der Waals surface area contributed by atoms with Gasteiger partial charge in [0.15, 0.2) is 0 Å². The summed E-state index contributed by atoms with van der Waals surface area (Å²) >= 11 is 0. The van der Waals surface area contributed by atoms with Crippen LogP contribution in [0.15, 0.2) is 18.2 Å². The molecule has 0 aliphatic carbocycles. The molecule has 1 aromatic rings. The minimum Gasteiger partial charge on any atom is -0.474 e. The maximum absolute atomic E-state index is 12.2. The number of benzene rings is 1. The number of para-hydroxylation sites is 1. The van der Waals surface area contributed by atoms with Crippen molar-refractivity contribution in [3.05, 3.63) is 29.3 Å². The normalized spacial score (nSPS) is 14.5. The second kappa shape index (κ2) is 9.20. The van der Waals surface area contributed by atoms with Gasteiger partial charge in [0, 0.05) is 9.30 Å². The molecular weight excluding hydrogens is 282 g/mol. The zero-order valence-electron chi connectivity index (χ0n) is 17.2. The molecule has 122 valence electrons. The van der Waals surface area contributed by atoms with Crippen LogP contribution in [-0.2, 0) is 27.2 Å². The van der Waals surface area contributed by atoms with Crippen molar-refractivity contribution >= 4 is 17.6 Å². The molecule has 0 radical (unpaired) electrons. The van der Waals surface area contributed by atoms with E-state index < -0.39 is 31.5 Å². The molecule has 1 N–H and O–H groups in total. The van der Waals surface area contributed by atoms with Crippen LogP contribution in [-0.4, -0.2) is 30.3 Å². The average molecular weight is 311 g/mol. The number of carbonyl (C=O) groups excluding carboxylic acids is 1. The van der Waals surface area contributed by atoms with Gasteiger partial charge < -0.3 is 9.84 Å². The molecule has 0 fully saturated rings. The summed E-state index contributed by atoms with van der Waals surface area (Å²) in [7, 11) is 0. The molecule has 0 atom stereocenters. The van der Waals surface area contributed by atoms with E-state index in [1.165, 1.54) is 6.92 Å². The van der Waals surface area contributed by atoms with Gasteiger partial charge in [0.05, 0.1) is 8.43 Å². The smallest absolute Gasteiger partial charge is 0.395 e. The van der Waals surface area contributed by atoms with Crippen molar-refractivity contribution in [3.63, 3.8) is 0 Å². The quantitative estimate of drug-likeness (QED) is 0.592. The fourth-order valence-corrected chi connectivity index (χ4v) is 2.12. The van der Waals surface area contributed by atoms with Crippen LogP contribution < -0.4 is 4.90 Å². The molecule has 0 unspecified atom stereocenters. The number of carboxylic acid groups (broad SMARTS) is 1. The predicted molar refractivity (Wildman–Crippen MR) is 86.0 cm³/mol. The number of amides is 1. The number of carbonyl (C=O) groups is 2. The van der Waals surface area contributed by atoms with E-state index in [4.69, 9.17) is 15.3 Å². The zero-order chi connectivity index (χ0) is 20.1. The molecule has 1 amide bonds. The highest BCUT2D eigenvalue weighted by atomic mass is 16.5. The number of ether oxygens (including phenoxy) is 1. The highest BCUT2D eigenvalue weighted by Gasteiger charge is 2.26. The van der Waals surface area contributed by atoms with Crippen LogP contribution >= 0.6 is 0 Å². The summed E-state index contributed by atoms with van der Waals surface area (Å²) in [5, 5.41) is 9.16. The van der Waals surface area contributed by atoms with Crippen LogP contribution in [0, 0.1) is 0 Å². The molecular formula is C17H25NO4. The number of nitrogens with zero attached hydrogens (tertiary/aromatic N) is 1. The lowest BCUT2D eigenvalue weighted by Crippen LogP contribution is -2.39. The minimum absolute atomic E-state index is 0.140. The molecule has 0 spiro atoms. The van der Waals surface area contributed by atoms with Crippen LogP contribution in [0.5, 0.6) is 0 Å². The van der Waals surface area contributed by atoms with Gasteiger partial charge in [-0.2, -0.15) is 0 Å². The summed E-state index contributed by atoms with van der Waals surface area (Å²) in [4.78, 5) is 24.4. The van der Waals surface area contributed by atoms with E-state index in [-0.39, 0.29) is 6.42 Å². The summed E-state index contributed by atoms with van der Waals surface area (Å²) < 4.78 is 36.1. The second-order valence-electron chi connectivity index (χ2n) is 4.58. The first-order valence-corrected chi connectivity index (χ1v) is 7.31. The van der Waals surface area contributed by atoms with Gasteiger partial charge in [0.1, 0.15) is 6.73 Å². The average Bonchev–Trinajstić information content (AvgIpc) is 2.61. The summed E-state index contributed by atoms with van der Waals surface area (Å²) in [6, 6.07) is 5.33. The van der Waals surface area contributed by atoms with E-state index >= 15 is 0 Å². The number of hydrogen-bond donors (Lipinski definition) is 1. The van der Waals surface area contributed by atoms with E-state index in [2.05, 4.69) is 0 Å². The molecule has 1 rings (SSSR count). The SMILES string of the molecule is [2H]C([2H])(CC)C([2H])([2H])OCN(C(=O)C(=O)O)c1c(CC)cccc1CC.